The number of nitrogens with zero attached hydrogens (tertiary/aromatic N) is 1. The van der Waals surface area contributed by atoms with E-state index in [4.69, 9.17) is 4.11 Å². The molecule has 0 aliphatic heterocycles. The maximum atomic E-state index is 12.5. The van der Waals surface area contributed by atoms with Gasteiger partial charge in [-0.05, 0) is 23.1 Å². The largest absolute Gasteiger partial charge is 0.453 e. The third-order valence-electron chi connectivity index (χ3n) is 3.90. The van der Waals surface area contributed by atoms with E-state index in [0.717, 1.165) is 16.8 Å². The molecule has 0 fully saturated rings. The van der Waals surface area contributed by atoms with Gasteiger partial charge in [0.2, 0.25) is 0 Å². The minimum absolute atomic E-state index is 0.352. The van der Waals surface area contributed by atoms with Crippen LogP contribution in [0.15, 0.2) is 48.7 Å². The van der Waals surface area contributed by atoms with Crippen molar-refractivity contribution in [3.8, 4) is 11.3 Å². The predicted molar refractivity (Wildman–Crippen MR) is 103 cm³/mol. The fraction of sp³-hybridized carbons (Fsp3) is 0.350. The number of carbonyl (C=O) groups excluding carboxylic acids is 2. The zero-order chi connectivity index (χ0) is 22.4. The molecule has 1 atom stereocenters. The number of pyridine rings is 1. The number of nitrogens with one attached hydrogen (secondary N) is 3. The van der Waals surface area contributed by atoms with E-state index < -0.39 is 30.5 Å². The highest BCUT2D eigenvalue weighted by Crippen LogP contribution is 2.19. The van der Waals surface area contributed by atoms with Gasteiger partial charge in [-0.15, -0.1) is 0 Å². The predicted octanol–water partition coefficient (Wildman–Crippen LogP) is 2.64. The monoisotopic (exact) mass is 373 g/mol. The Morgan fingerprint density at radius 1 is 1.19 bits per heavy atom. The van der Waals surface area contributed by atoms with Crippen LogP contribution >= 0.6 is 0 Å². The average Bonchev–Trinajstić information content (AvgIpc) is 2.65. The highest BCUT2D eigenvalue weighted by Gasteiger charge is 2.33. The molecule has 27 heavy (non-hydrogen) atoms. The molecule has 0 aliphatic carbocycles. The number of carbonyl (C=O) groups is 2. The van der Waals surface area contributed by atoms with Crippen LogP contribution in [0.3, 0.4) is 0 Å². The van der Waals surface area contributed by atoms with Crippen molar-refractivity contribution < 1.29 is 18.4 Å². The first-order chi connectivity index (χ1) is 14.0. The van der Waals surface area contributed by atoms with E-state index in [1.165, 1.54) is 0 Å². The van der Waals surface area contributed by atoms with Crippen LogP contribution in [-0.4, -0.2) is 30.1 Å². The van der Waals surface area contributed by atoms with Crippen LogP contribution in [0.5, 0.6) is 0 Å². The molecule has 0 saturated carbocycles. The zero-order valence-electron chi connectivity index (χ0n) is 18.6. The standard InChI is InChI=1S/C20H26N4O3/c1-20(2,3)17(23-19(26)27-4)18(25)24-22-13-14-8-10-15(11-9-14)16-7-5-6-12-21-16/h5-12,17,22H,13H2,1-4H3,(H,23,26)(H,24,25)/t17-/m1/s1/i4D3. The van der Waals surface area contributed by atoms with Gasteiger partial charge in [0.05, 0.1) is 16.8 Å². The third-order valence-corrected chi connectivity index (χ3v) is 3.90. The molecule has 2 rings (SSSR count). The summed E-state index contributed by atoms with van der Waals surface area (Å²) in [5.74, 6) is -0.518. The van der Waals surface area contributed by atoms with Crippen LogP contribution in [0.25, 0.3) is 11.3 Å². The molecule has 2 aromatic rings. The first-order valence-corrected chi connectivity index (χ1v) is 8.48. The summed E-state index contributed by atoms with van der Waals surface area (Å²) in [6, 6.07) is 12.4. The van der Waals surface area contributed by atoms with Crippen molar-refractivity contribution >= 4 is 12.0 Å². The van der Waals surface area contributed by atoms with E-state index in [1.807, 2.05) is 42.5 Å². The molecular weight excluding hydrogens is 344 g/mol. The molecule has 0 saturated heterocycles. The van der Waals surface area contributed by atoms with Crippen LogP contribution in [0.2, 0.25) is 0 Å². The van der Waals surface area contributed by atoms with Gasteiger partial charge in [0.15, 0.2) is 0 Å². The number of rotatable bonds is 6. The SMILES string of the molecule is [2H]C([2H])([2H])OC(=O)N[C@H](C(=O)NNCc1ccc(-c2ccccn2)cc1)C(C)(C)C. The quantitative estimate of drug-likeness (QED) is 0.677. The Balaban J connectivity index is 1.91. The van der Waals surface area contributed by atoms with Gasteiger partial charge in [-0.1, -0.05) is 51.1 Å². The third kappa shape index (κ3) is 6.07. The number of alkyl carbamates (subject to hydrolysis) is 1. The van der Waals surface area contributed by atoms with Gasteiger partial charge >= 0.3 is 6.09 Å². The highest BCUT2D eigenvalue weighted by atomic mass is 16.5. The van der Waals surface area contributed by atoms with E-state index >= 15 is 0 Å². The van der Waals surface area contributed by atoms with Crippen molar-refractivity contribution in [2.24, 2.45) is 5.41 Å². The Morgan fingerprint density at radius 3 is 2.52 bits per heavy atom. The second-order valence-corrected chi connectivity index (χ2v) is 7.09. The maximum absolute atomic E-state index is 12.5. The van der Waals surface area contributed by atoms with Gasteiger partial charge in [-0.25, -0.2) is 10.2 Å². The van der Waals surface area contributed by atoms with Crippen molar-refractivity contribution in [1.29, 1.82) is 0 Å². The number of methoxy groups -OCH3 is 1. The second kappa shape index (κ2) is 9.14. The van der Waals surface area contributed by atoms with E-state index in [2.05, 4.69) is 25.9 Å². The Kier molecular flexibility index (Phi) is 5.50. The normalized spacial score (nSPS) is 14.3. The van der Waals surface area contributed by atoms with E-state index in [0.29, 0.717) is 6.54 Å². The number of amides is 2. The lowest BCUT2D eigenvalue weighted by atomic mass is 9.86. The number of hydrogen-bond acceptors (Lipinski definition) is 5. The molecule has 1 aromatic carbocycles. The smallest absolute Gasteiger partial charge is 0.407 e. The fourth-order valence-corrected chi connectivity index (χ4v) is 2.46. The number of aromatic nitrogens is 1. The Hall–Kier alpha value is -2.93. The zero-order valence-corrected chi connectivity index (χ0v) is 15.6. The van der Waals surface area contributed by atoms with Gasteiger partial charge in [0.25, 0.3) is 5.91 Å². The van der Waals surface area contributed by atoms with Crippen LogP contribution < -0.4 is 16.2 Å². The van der Waals surface area contributed by atoms with Crippen LogP contribution in [0, 0.1) is 5.41 Å². The van der Waals surface area contributed by atoms with E-state index in [1.54, 1.807) is 27.0 Å². The van der Waals surface area contributed by atoms with E-state index in [-0.39, 0.29) is 0 Å². The molecule has 0 bridgehead atoms. The summed E-state index contributed by atoms with van der Waals surface area (Å²) < 4.78 is 25.2. The van der Waals surface area contributed by atoms with Crippen LogP contribution in [-0.2, 0) is 16.1 Å². The van der Waals surface area contributed by atoms with Gasteiger partial charge in [-0.3, -0.25) is 15.2 Å². The molecular formula is C20H26N4O3. The van der Waals surface area contributed by atoms with Gasteiger partial charge in [0, 0.05) is 18.3 Å². The molecule has 3 N–H and O–H groups in total. The first kappa shape index (κ1) is 16.3. The van der Waals surface area contributed by atoms with Crippen molar-refractivity contribution in [3.05, 3.63) is 54.2 Å². The molecule has 1 aromatic heterocycles. The summed E-state index contributed by atoms with van der Waals surface area (Å²) in [7, 11) is -2.89. The number of hydrazine groups is 1. The molecule has 7 nitrogen and oxygen atoms in total. The van der Waals surface area contributed by atoms with Crippen molar-refractivity contribution in [3.63, 3.8) is 0 Å². The lowest BCUT2D eigenvalue weighted by molar-refractivity contribution is -0.126. The molecule has 0 aliphatic rings. The highest BCUT2D eigenvalue weighted by molar-refractivity contribution is 5.86. The second-order valence-electron chi connectivity index (χ2n) is 7.09. The Labute approximate surface area is 163 Å². The molecule has 2 amide bonds. The van der Waals surface area contributed by atoms with Gasteiger partial charge in [-0.2, -0.15) is 0 Å². The summed E-state index contributed by atoms with van der Waals surface area (Å²) >= 11 is 0. The Morgan fingerprint density at radius 2 is 1.93 bits per heavy atom. The lowest BCUT2D eigenvalue weighted by Gasteiger charge is -2.29. The summed E-state index contributed by atoms with van der Waals surface area (Å²) in [6.07, 6.45) is 0.545. The number of benzene rings is 1. The minimum atomic E-state index is -2.89. The van der Waals surface area contributed by atoms with Crippen LogP contribution in [0.4, 0.5) is 4.79 Å². The van der Waals surface area contributed by atoms with Crippen molar-refractivity contribution in [1.82, 2.24) is 21.2 Å². The molecule has 1 heterocycles. The summed E-state index contributed by atoms with van der Waals surface area (Å²) in [5, 5.41) is 2.31. The first-order valence-electron chi connectivity index (χ1n) is 9.98. The fourth-order valence-electron chi connectivity index (χ4n) is 2.46. The molecule has 144 valence electrons. The van der Waals surface area contributed by atoms with E-state index in [9.17, 15) is 9.59 Å². The molecule has 0 radical (unpaired) electrons. The minimum Gasteiger partial charge on any atom is -0.453 e. The molecule has 7 heteroatoms. The summed E-state index contributed by atoms with van der Waals surface area (Å²) in [6.45, 7) is 5.57. The van der Waals surface area contributed by atoms with Crippen molar-refractivity contribution in [2.75, 3.05) is 7.04 Å². The van der Waals surface area contributed by atoms with Crippen LogP contribution in [0.1, 0.15) is 30.4 Å². The molecule has 0 spiro atoms. The van der Waals surface area contributed by atoms with Crippen molar-refractivity contribution in [2.45, 2.75) is 33.4 Å². The summed E-state index contributed by atoms with van der Waals surface area (Å²) in [5.41, 5.74) is 7.46. The number of hydrogen-bond donors (Lipinski definition) is 3. The van der Waals surface area contributed by atoms with Gasteiger partial charge < -0.3 is 10.1 Å². The Bertz CT molecular complexity index is 850. The number of ether oxygens (including phenoxy) is 1. The lowest BCUT2D eigenvalue weighted by Crippen LogP contribution is -2.56. The van der Waals surface area contributed by atoms with Gasteiger partial charge in [0.1, 0.15) is 6.04 Å². The molecule has 0 unspecified atom stereocenters. The summed E-state index contributed by atoms with van der Waals surface area (Å²) in [4.78, 5) is 28.6. The topological polar surface area (TPSA) is 92.3 Å². The average molecular weight is 373 g/mol. The maximum Gasteiger partial charge on any atom is 0.407 e.